The molecule has 0 heterocycles. The van der Waals surface area contributed by atoms with E-state index < -0.39 is 0 Å². The summed E-state index contributed by atoms with van der Waals surface area (Å²) in [5.41, 5.74) is 0.191. The van der Waals surface area contributed by atoms with E-state index in [-0.39, 0.29) is 21.4 Å². The van der Waals surface area contributed by atoms with Crippen molar-refractivity contribution in [3.8, 4) is 5.75 Å². The van der Waals surface area contributed by atoms with Crippen LogP contribution in [0.15, 0.2) is 12.1 Å². The van der Waals surface area contributed by atoms with E-state index in [1.54, 1.807) is 0 Å². The summed E-state index contributed by atoms with van der Waals surface area (Å²) in [6.45, 7) is 0. The zero-order chi connectivity index (χ0) is 8.43. The minimum atomic E-state index is -0.179. The van der Waals surface area contributed by atoms with Crippen molar-refractivity contribution in [2.45, 2.75) is 0 Å². The number of halogens is 2. The van der Waals surface area contributed by atoms with Gasteiger partial charge in [-0.05, 0) is 6.07 Å². The highest BCUT2D eigenvalue weighted by Gasteiger charge is 2.05. The standard InChI is InChI=1S/C7H4Cl2O2/c8-5-1-4(3-10)7(9)6(11)2-5/h1-3,11H. The summed E-state index contributed by atoms with van der Waals surface area (Å²) in [7, 11) is 0. The van der Waals surface area contributed by atoms with Crippen molar-refractivity contribution in [1.82, 2.24) is 0 Å². The van der Waals surface area contributed by atoms with Crippen LogP contribution in [0.3, 0.4) is 0 Å². The molecule has 0 unspecified atom stereocenters. The first-order chi connectivity index (χ1) is 5.15. The minimum absolute atomic E-state index is 0.0319. The first kappa shape index (κ1) is 8.37. The minimum Gasteiger partial charge on any atom is -0.506 e. The van der Waals surface area contributed by atoms with Crippen LogP contribution in [-0.2, 0) is 0 Å². The zero-order valence-corrected chi connectivity index (χ0v) is 6.86. The molecule has 0 fully saturated rings. The van der Waals surface area contributed by atoms with E-state index in [0.717, 1.165) is 0 Å². The molecule has 0 aliphatic carbocycles. The van der Waals surface area contributed by atoms with Crippen molar-refractivity contribution >= 4 is 29.5 Å². The quantitative estimate of drug-likeness (QED) is 0.692. The van der Waals surface area contributed by atoms with Crippen LogP contribution in [0.5, 0.6) is 5.75 Å². The third-order valence-electron chi connectivity index (χ3n) is 1.17. The number of phenolic OH excluding ortho intramolecular Hbond substituents is 1. The lowest BCUT2D eigenvalue weighted by molar-refractivity contribution is 0.112. The highest BCUT2D eigenvalue weighted by molar-refractivity contribution is 6.36. The number of aromatic hydroxyl groups is 1. The Morgan fingerprint density at radius 2 is 2.00 bits per heavy atom. The number of hydrogen-bond donors (Lipinski definition) is 1. The number of carbonyl (C=O) groups excluding carboxylic acids is 1. The smallest absolute Gasteiger partial charge is 0.151 e. The Hall–Kier alpha value is -0.730. The Morgan fingerprint density at radius 3 is 2.55 bits per heavy atom. The van der Waals surface area contributed by atoms with E-state index in [0.29, 0.717) is 6.29 Å². The van der Waals surface area contributed by atoms with E-state index in [1.807, 2.05) is 0 Å². The molecule has 2 nitrogen and oxygen atoms in total. The van der Waals surface area contributed by atoms with Crippen LogP contribution in [0.4, 0.5) is 0 Å². The Bertz CT molecular complexity index is 297. The molecule has 0 spiro atoms. The van der Waals surface area contributed by atoms with E-state index in [4.69, 9.17) is 28.3 Å². The van der Waals surface area contributed by atoms with Gasteiger partial charge in [0.05, 0.1) is 5.02 Å². The second-order valence-corrected chi connectivity index (χ2v) is 2.76. The van der Waals surface area contributed by atoms with Crippen LogP contribution in [-0.4, -0.2) is 11.4 Å². The highest BCUT2D eigenvalue weighted by atomic mass is 35.5. The summed E-state index contributed by atoms with van der Waals surface area (Å²) in [6, 6.07) is 2.66. The number of hydrogen-bond acceptors (Lipinski definition) is 2. The largest absolute Gasteiger partial charge is 0.506 e. The van der Waals surface area contributed by atoms with Crippen LogP contribution in [0.1, 0.15) is 10.4 Å². The van der Waals surface area contributed by atoms with Gasteiger partial charge in [-0.25, -0.2) is 0 Å². The third kappa shape index (κ3) is 1.64. The summed E-state index contributed by atoms with van der Waals surface area (Å²) >= 11 is 11.0. The lowest BCUT2D eigenvalue weighted by Crippen LogP contribution is -1.81. The zero-order valence-electron chi connectivity index (χ0n) is 5.34. The van der Waals surface area contributed by atoms with Gasteiger partial charge in [0.2, 0.25) is 0 Å². The van der Waals surface area contributed by atoms with Gasteiger partial charge in [0.15, 0.2) is 6.29 Å². The van der Waals surface area contributed by atoms with Crippen molar-refractivity contribution in [2.75, 3.05) is 0 Å². The normalized spacial score (nSPS) is 9.64. The topological polar surface area (TPSA) is 37.3 Å². The molecule has 0 atom stereocenters. The lowest BCUT2D eigenvalue weighted by Gasteiger charge is -1.99. The molecule has 0 aromatic heterocycles. The summed E-state index contributed by atoms with van der Waals surface area (Å²) in [5, 5.41) is 9.35. The van der Waals surface area contributed by atoms with E-state index in [9.17, 15) is 4.79 Å². The van der Waals surface area contributed by atoms with Crippen molar-refractivity contribution in [2.24, 2.45) is 0 Å². The van der Waals surface area contributed by atoms with E-state index >= 15 is 0 Å². The summed E-state index contributed by atoms with van der Waals surface area (Å²) < 4.78 is 0. The molecule has 1 rings (SSSR count). The van der Waals surface area contributed by atoms with Crippen LogP contribution >= 0.6 is 23.2 Å². The maximum atomic E-state index is 10.3. The van der Waals surface area contributed by atoms with Crippen LogP contribution in [0.25, 0.3) is 0 Å². The second-order valence-electron chi connectivity index (χ2n) is 1.95. The molecule has 58 valence electrons. The molecule has 0 saturated carbocycles. The maximum Gasteiger partial charge on any atom is 0.151 e. The average Bonchev–Trinajstić information content (AvgIpc) is 1.96. The van der Waals surface area contributed by atoms with E-state index in [2.05, 4.69) is 0 Å². The fourth-order valence-electron chi connectivity index (χ4n) is 0.681. The Balaban J connectivity index is 3.35. The van der Waals surface area contributed by atoms with E-state index in [1.165, 1.54) is 12.1 Å². The molecule has 0 aliphatic rings. The SMILES string of the molecule is O=Cc1cc(Cl)cc(O)c1Cl. The Morgan fingerprint density at radius 1 is 1.36 bits per heavy atom. The number of aldehydes is 1. The average molecular weight is 191 g/mol. The first-order valence-corrected chi connectivity index (χ1v) is 3.54. The lowest BCUT2D eigenvalue weighted by atomic mass is 10.2. The van der Waals surface area contributed by atoms with Crippen LogP contribution in [0, 0.1) is 0 Å². The molecule has 0 aliphatic heterocycles. The van der Waals surface area contributed by atoms with Crippen LogP contribution < -0.4 is 0 Å². The molecular weight excluding hydrogens is 187 g/mol. The fraction of sp³-hybridized carbons (Fsp3) is 0. The van der Waals surface area contributed by atoms with Gasteiger partial charge < -0.3 is 5.11 Å². The van der Waals surface area contributed by atoms with Gasteiger partial charge in [-0.15, -0.1) is 0 Å². The number of benzene rings is 1. The van der Waals surface area contributed by atoms with Crippen molar-refractivity contribution in [3.05, 3.63) is 27.7 Å². The molecule has 0 saturated heterocycles. The number of phenols is 1. The molecule has 0 amide bonds. The molecular formula is C7H4Cl2O2. The first-order valence-electron chi connectivity index (χ1n) is 2.78. The summed E-state index contributed by atoms with van der Waals surface area (Å²) in [6.07, 6.45) is 0.536. The molecule has 1 aromatic carbocycles. The molecule has 0 bridgehead atoms. The molecule has 4 heteroatoms. The van der Waals surface area contributed by atoms with Gasteiger partial charge in [0.25, 0.3) is 0 Å². The molecule has 1 N–H and O–H groups in total. The molecule has 0 radical (unpaired) electrons. The van der Waals surface area contributed by atoms with Gasteiger partial charge in [-0.3, -0.25) is 4.79 Å². The summed E-state index contributed by atoms with van der Waals surface area (Å²) in [4.78, 5) is 10.3. The number of carbonyl (C=O) groups is 1. The van der Waals surface area contributed by atoms with Gasteiger partial charge >= 0.3 is 0 Å². The van der Waals surface area contributed by atoms with Gasteiger partial charge in [0.1, 0.15) is 5.75 Å². The predicted octanol–water partition coefficient (Wildman–Crippen LogP) is 2.51. The Kier molecular flexibility index (Phi) is 2.37. The van der Waals surface area contributed by atoms with Gasteiger partial charge in [-0.1, -0.05) is 23.2 Å². The Labute approximate surface area is 73.4 Å². The molecule has 1 aromatic rings. The van der Waals surface area contributed by atoms with Gasteiger partial charge in [-0.2, -0.15) is 0 Å². The molecule has 11 heavy (non-hydrogen) atoms. The maximum absolute atomic E-state index is 10.3. The van der Waals surface area contributed by atoms with Crippen molar-refractivity contribution in [3.63, 3.8) is 0 Å². The van der Waals surface area contributed by atoms with Crippen molar-refractivity contribution in [1.29, 1.82) is 0 Å². The monoisotopic (exact) mass is 190 g/mol. The highest BCUT2D eigenvalue weighted by Crippen LogP contribution is 2.29. The third-order valence-corrected chi connectivity index (χ3v) is 1.80. The fourth-order valence-corrected chi connectivity index (χ4v) is 1.06. The van der Waals surface area contributed by atoms with Crippen molar-refractivity contribution < 1.29 is 9.90 Å². The van der Waals surface area contributed by atoms with Crippen LogP contribution in [0.2, 0.25) is 10.0 Å². The predicted molar refractivity (Wildman–Crippen MR) is 43.5 cm³/mol. The number of rotatable bonds is 1. The van der Waals surface area contributed by atoms with Gasteiger partial charge in [0, 0.05) is 16.7 Å². The second kappa shape index (κ2) is 3.11. The summed E-state index contributed by atoms with van der Waals surface area (Å²) in [5.74, 6) is -0.179.